The van der Waals surface area contributed by atoms with Gasteiger partial charge in [-0.2, -0.15) is 0 Å². The van der Waals surface area contributed by atoms with Crippen LogP contribution in [0.4, 0.5) is 0 Å². The quantitative estimate of drug-likeness (QED) is 0.864. The summed E-state index contributed by atoms with van der Waals surface area (Å²) >= 11 is 3.33. The fourth-order valence-electron chi connectivity index (χ4n) is 0.810. The molecule has 0 aliphatic rings. The summed E-state index contributed by atoms with van der Waals surface area (Å²) in [6.45, 7) is 1.85. The van der Waals surface area contributed by atoms with E-state index in [1.54, 1.807) is 0 Å². The molecule has 0 bridgehead atoms. The summed E-state index contributed by atoms with van der Waals surface area (Å²) in [4.78, 5) is 0. The molecule has 66 valence electrons. The van der Waals surface area contributed by atoms with E-state index in [9.17, 15) is 0 Å². The van der Waals surface area contributed by atoms with Gasteiger partial charge in [-0.3, -0.25) is 0 Å². The van der Waals surface area contributed by atoms with Gasteiger partial charge < -0.3 is 9.84 Å². The molecule has 0 unspecified atom stereocenters. The zero-order valence-corrected chi connectivity index (χ0v) is 8.41. The lowest BCUT2D eigenvalue weighted by molar-refractivity contribution is 0.129. The molecule has 1 aromatic rings. The molecule has 0 saturated carbocycles. The molecule has 1 N–H and O–H groups in total. The van der Waals surface area contributed by atoms with Crippen LogP contribution in [0.2, 0.25) is 0 Å². The molecular weight excluding hydrogens is 220 g/mol. The highest BCUT2D eigenvalue weighted by molar-refractivity contribution is 9.10. The monoisotopic (exact) mass is 230 g/mol. The first-order chi connectivity index (χ1) is 5.72. The van der Waals surface area contributed by atoms with Crippen molar-refractivity contribution in [3.63, 3.8) is 0 Å². The molecule has 0 radical (unpaired) electrons. The Morgan fingerprint density at radius 2 is 2.33 bits per heavy atom. The van der Waals surface area contributed by atoms with E-state index in [2.05, 4.69) is 15.9 Å². The second-order valence-corrected chi connectivity index (χ2v) is 3.48. The largest absolute Gasteiger partial charge is 0.488 e. The molecule has 1 atom stereocenters. The molecule has 0 spiro atoms. The zero-order chi connectivity index (χ0) is 8.97. The van der Waals surface area contributed by atoms with Gasteiger partial charge in [-0.15, -0.1) is 0 Å². The molecular formula is C9H11BrO2. The molecule has 0 aliphatic heterocycles. The van der Waals surface area contributed by atoms with E-state index in [1.165, 1.54) is 0 Å². The normalized spacial score (nSPS) is 12.6. The molecule has 2 nitrogen and oxygen atoms in total. The summed E-state index contributed by atoms with van der Waals surface area (Å²) in [5.74, 6) is 0.769. The standard InChI is InChI=1S/C9H11BrO2/c1-7(6-11)12-9-4-2-3-8(10)5-9/h2-5,7,11H,6H2,1H3/t7-/m0/s1. The number of rotatable bonds is 3. The van der Waals surface area contributed by atoms with Gasteiger partial charge in [-0.1, -0.05) is 22.0 Å². The maximum Gasteiger partial charge on any atom is 0.120 e. The minimum absolute atomic E-state index is 0.0342. The number of hydrogen-bond donors (Lipinski definition) is 1. The molecule has 1 aromatic carbocycles. The van der Waals surface area contributed by atoms with Crippen molar-refractivity contribution in [1.82, 2.24) is 0 Å². The van der Waals surface area contributed by atoms with Gasteiger partial charge >= 0.3 is 0 Å². The van der Waals surface area contributed by atoms with Gasteiger partial charge in [-0.05, 0) is 25.1 Å². The van der Waals surface area contributed by atoms with Gasteiger partial charge in [0.25, 0.3) is 0 Å². The van der Waals surface area contributed by atoms with Crippen LogP contribution in [-0.4, -0.2) is 17.8 Å². The summed E-state index contributed by atoms with van der Waals surface area (Å²) in [6, 6.07) is 7.54. The minimum Gasteiger partial charge on any atom is -0.488 e. The predicted molar refractivity (Wildman–Crippen MR) is 51.3 cm³/mol. The Bertz CT molecular complexity index is 250. The van der Waals surface area contributed by atoms with E-state index < -0.39 is 0 Å². The lowest BCUT2D eigenvalue weighted by Crippen LogP contribution is -2.15. The number of halogens is 1. The van der Waals surface area contributed by atoms with Crippen molar-refractivity contribution in [2.45, 2.75) is 13.0 Å². The summed E-state index contributed by atoms with van der Waals surface area (Å²) < 4.78 is 6.34. The summed E-state index contributed by atoms with van der Waals surface area (Å²) in [5, 5.41) is 8.73. The van der Waals surface area contributed by atoms with Crippen molar-refractivity contribution >= 4 is 15.9 Å². The highest BCUT2D eigenvalue weighted by Gasteiger charge is 2.00. The van der Waals surface area contributed by atoms with Crippen LogP contribution >= 0.6 is 15.9 Å². The first-order valence-corrected chi connectivity index (χ1v) is 4.55. The highest BCUT2D eigenvalue weighted by Crippen LogP contribution is 2.18. The van der Waals surface area contributed by atoms with Gasteiger partial charge in [0.1, 0.15) is 11.9 Å². The Morgan fingerprint density at radius 3 is 2.92 bits per heavy atom. The Kier molecular flexibility index (Phi) is 3.56. The maximum absolute atomic E-state index is 8.73. The molecule has 0 aromatic heterocycles. The molecule has 1 rings (SSSR count). The average Bonchev–Trinajstić information content (AvgIpc) is 2.04. The van der Waals surface area contributed by atoms with Gasteiger partial charge in [0.2, 0.25) is 0 Å². The van der Waals surface area contributed by atoms with Crippen LogP contribution in [0.25, 0.3) is 0 Å². The highest BCUT2D eigenvalue weighted by atomic mass is 79.9. The van der Waals surface area contributed by atoms with Crippen molar-refractivity contribution in [2.75, 3.05) is 6.61 Å². The van der Waals surface area contributed by atoms with Crippen molar-refractivity contribution in [3.05, 3.63) is 28.7 Å². The van der Waals surface area contributed by atoms with E-state index >= 15 is 0 Å². The first kappa shape index (κ1) is 9.55. The van der Waals surface area contributed by atoms with Crippen LogP contribution in [0.3, 0.4) is 0 Å². The first-order valence-electron chi connectivity index (χ1n) is 3.75. The fraction of sp³-hybridized carbons (Fsp3) is 0.333. The third-order valence-corrected chi connectivity index (χ3v) is 1.88. The van der Waals surface area contributed by atoms with Gasteiger partial charge in [-0.25, -0.2) is 0 Å². The predicted octanol–water partition coefficient (Wildman–Crippen LogP) is 2.21. The van der Waals surface area contributed by atoms with E-state index in [1.807, 2.05) is 31.2 Å². The van der Waals surface area contributed by atoms with Gasteiger partial charge in [0.15, 0.2) is 0 Å². The molecule has 0 aliphatic carbocycles. The van der Waals surface area contributed by atoms with Crippen molar-refractivity contribution in [1.29, 1.82) is 0 Å². The molecule has 12 heavy (non-hydrogen) atoms. The Hall–Kier alpha value is -0.540. The van der Waals surface area contributed by atoms with Crippen LogP contribution < -0.4 is 4.74 Å². The van der Waals surface area contributed by atoms with E-state index in [0.717, 1.165) is 10.2 Å². The van der Waals surface area contributed by atoms with Gasteiger partial charge in [0.05, 0.1) is 6.61 Å². The third-order valence-electron chi connectivity index (χ3n) is 1.39. The second-order valence-electron chi connectivity index (χ2n) is 2.57. The van der Waals surface area contributed by atoms with Crippen LogP contribution in [0.15, 0.2) is 28.7 Å². The average molecular weight is 231 g/mol. The molecule has 0 heterocycles. The fourth-order valence-corrected chi connectivity index (χ4v) is 1.19. The second kappa shape index (κ2) is 4.48. The number of benzene rings is 1. The molecule has 0 fully saturated rings. The Labute approximate surface area is 80.3 Å². The summed E-state index contributed by atoms with van der Waals surface area (Å²) in [7, 11) is 0. The van der Waals surface area contributed by atoms with Crippen LogP contribution in [0.1, 0.15) is 6.92 Å². The third kappa shape index (κ3) is 2.83. The van der Waals surface area contributed by atoms with E-state index in [4.69, 9.17) is 9.84 Å². The van der Waals surface area contributed by atoms with Crippen LogP contribution in [0.5, 0.6) is 5.75 Å². The Balaban J connectivity index is 2.63. The number of aliphatic hydroxyl groups excluding tert-OH is 1. The Morgan fingerprint density at radius 1 is 1.58 bits per heavy atom. The maximum atomic E-state index is 8.73. The van der Waals surface area contributed by atoms with Crippen molar-refractivity contribution in [2.24, 2.45) is 0 Å². The summed E-state index contributed by atoms with van der Waals surface area (Å²) in [5.41, 5.74) is 0. The van der Waals surface area contributed by atoms with Crippen molar-refractivity contribution < 1.29 is 9.84 Å². The molecule has 0 saturated heterocycles. The smallest absolute Gasteiger partial charge is 0.120 e. The minimum atomic E-state index is -0.153. The van der Waals surface area contributed by atoms with Crippen molar-refractivity contribution in [3.8, 4) is 5.75 Å². The van der Waals surface area contributed by atoms with E-state index in [-0.39, 0.29) is 12.7 Å². The van der Waals surface area contributed by atoms with Crippen LogP contribution in [0, 0.1) is 0 Å². The molecule has 3 heteroatoms. The molecule has 0 amide bonds. The number of hydrogen-bond acceptors (Lipinski definition) is 2. The lowest BCUT2D eigenvalue weighted by Gasteiger charge is -2.11. The zero-order valence-electron chi connectivity index (χ0n) is 6.83. The lowest BCUT2D eigenvalue weighted by atomic mass is 10.3. The van der Waals surface area contributed by atoms with Gasteiger partial charge in [0, 0.05) is 4.47 Å². The SMILES string of the molecule is C[C@@H](CO)Oc1cccc(Br)c1. The number of aliphatic hydroxyl groups is 1. The number of ether oxygens (including phenoxy) is 1. The van der Waals surface area contributed by atoms with E-state index in [0.29, 0.717) is 0 Å². The summed E-state index contributed by atoms with van der Waals surface area (Å²) in [6.07, 6.45) is -0.153. The topological polar surface area (TPSA) is 29.5 Å². The van der Waals surface area contributed by atoms with Crippen LogP contribution in [-0.2, 0) is 0 Å².